The Morgan fingerprint density at radius 2 is 2.14 bits per heavy atom. The van der Waals surface area contributed by atoms with E-state index < -0.39 is 0 Å². The Morgan fingerprint density at radius 3 is 2.97 bits per heavy atom. The third-order valence-electron chi connectivity index (χ3n) is 5.97. The minimum atomic E-state index is 0.00550. The number of hydrogen-bond donors (Lipinski definition) is 1. The molecule has 0 aliphatic carbocycles. The van der Waals surface area contributed by atoms with E-state index in [2.05, 4.69) is 10.3 Å². The number of aryl methyl sites for hydroxylation is 1. The lowest BCUT2D eigenvalue weighted by Crippen LogP contribution is -2.47. The van der Waals surface area contributed by atoms with Gasteiger partial charge in [0.15, 0.2) is 0 Å². The fourth-order valence-electron chi connectivity index (χ4n) is 4.47. The summed E-state index contributed by atoms with van der Waals surface area (Å²) in [5.74, 6) is 0.303. The van der Waals surface area contributed by atoms with E-state index in [9.17, 15) is 9.59 Å². The van der Waals surface area contributed by atoms with Crippen LogP contribution in [0.1, 0.15) is 28.8 Å². The van der Waals surface area contributed by atoms with Crippen molar-refractivity contribution in [1.29, 1.82) is 0 Å². The number of carbonyl (C=O) groups is 2. The van der Waals surface area contributed by atoms with Crippen LogP contribution in [0.4, 0.5) is 0 Å². The number of nitrogens with zero attached hydrogens (tertiary/aromatic N) is 3. The van der Waals surface area contributed by atoms with Crippen LogP contribution in [0.15, 0.2) is 48.8 Å². The van der Waals surface area contributed by atoms with Gasteiger partial charge in [0.1, 0.15) is 0 Å². The summed E-state index contributed by atoms with van der Waals surface area (Å²) in [5.41, 5.74) is 4.17. The lowest BCUT2D eigenvalue weighted by molar-refractivity contribution is -0.119. The van der Waals surface area contributed by atoms with Crippen molar-refractivity contribution in [2.45, 2.75) is 25.8 Å². The van der Waals surface area contributed by atoms with Crippen LogP contribution in [-0.2, 0) is 4.79 Å². The molecule has 2 aliphatic heterocycles. The van der Waals surface area contributed by atoms with Crippen molar-refractivity contribution in [3.8, 4) is 11.3 Å². The summed E-state index contributed by atoms with van der Waals surface area (Å²) in [6.45, 7) is 3.28. The fraction of sp³-hybridized carbons (Fsp3) is 0.304. The Kier molecular flexibility index (Phi) is 4.27. The molecule has 3 aromatic rings. The van der Waals surface area contributed by atoms with Gasteiger partial charge in [-0.15, -0.1) is 0 Å². The molecular weight excluding hydrogens is 364 g/mol. The molecular formula is C23H22N4O2. The van der Waals surface area contributed by atoms with Crippen molar-refractivity contribution in [1.82, 2.24) is 20.2 Å². The SMILES string of the molecule is Cc1ccc2nc(-c3cccnc3)cc(C(=O)N3CC[C@@H]4NC(=O)C[C@@H]4C3)c2c1. The molecule has 0 radical (unpaired) electrons. The van der Waals surface area contributed by atoms with Crippen LogP contribution < -0.4 is 5.32 Å². The van der Waals surface area contributed by atoms with Gasteiger partial charge in [0.05, 0.1) is 16.8 Å². The van der Waals surface area contributed by atoms with E-state index in [-0.39, 0.29) is 23.8 Å². The predicted molar refractivity (Wildman–Crippen MR) is 110 cm³/mol. The standard InChI is InChI=1S/C23H22N4O2/c1-14-4-5-20-17(9-14)18(11-21(25-20)15-3-2-7-24-12-15)23(29)27-8-6-19-16(13-27)10-22(28)26-19/h2-5,7,9,11-12,16,19H,6,8,10,13H2,1H3,(H,26,28)/t16-,19+/m1/s1. The molecule has 1 N–H and O–H groups in total. The summed E-state index contributed by atoms with van der Waals surface area (Å²) in [7, 11) is 0. The Morgan fingerprint density at radius 1 is 1.24 bits per heavy atom. The van der Waals surface area contributed by atoms with E-state index in [1.54, 1.807) is 12.4 Å². The summed E-state index contributed by atoms with van der Waals surface area (Å²) in [6.07, 6.45) is 4.80. The van der Waals surface area contributed by atoms with Crippen LogP contribution in [-0.4, -0.2) is 45.8 Å². The van der Waals surface area contributed by atoms with Crippen molar-refractivity contribution in [2.24, 2.45) is 5.92 Å². The third kappa shape index (κ3) is 3.24. The Bertz CT molecular complexity index is 1110. The van der Waals surface area contributed by atoms with Gasteiger partial charge < -0.3 is 10.2 Å². The Balaban J connectivity index is 1.56. The summed E-state index contributed by atoms with van der Waals surface area (Å²) < 4.78 is 0. The van der Waals surface area contributed by atoms with Crippen molar-refractivity contribution >= 4 is 22.7 Å². The Hall–Kier alpha value is -3.28. The lowest BCUT2D eigenvalue weighted by atomic mass is 9.92. The van der Waals surface area contributed by atoms with Gasteiger partial charge in [0.25, 0.3) is 5.91 Å². The van der Waals surface area contributed by atoms with Crippen LogP contribution >= 0.6 is 0 Å². The highest BCUT2D eigenvalue weighted by Crippen LogP contribution is 2.30. The zero-order valence-corrected chi connectivity index (χ0v) is 16.3. The lowest BCUT2D eigenvalue weighted by Gasteiger charge is -2.34. The molecule has 6 nitrogen and oxygen atoms in total. The minimum absolute atomic E-state index is 0.00550. The molecule has 2 aliphatic rings. The molecule has 0 bridgehead atoms. The van der Waals surface area contributed by atoms with Crippen LogP contribution in [0.5, 0.6) is 0 Å². The van der Waals surface area contributed by atoms with Gasteiger partial charge in [0.2, 0.25) is 5.91 Å². The monoisotopic (exact) mass is 386 g/mol. The van der Waals surface area contributed by atoms with Gasteiger partial charge in [-0.1, -0.05) is 11.6 Å². The van der Waals surface area contributed by atoms with Gasteiger partial charge >= 0.3 is 0 Å². The number of nitrogens with one attached hydrogen (secondary N) is 1. The predicted octanol–water partition coefficient (Wildman–Crippen LogP) is 2.96. The molecule has 1 aromatic carbocycles. The molecule has 29 heavy (non-hydrogen) atoms. The average Bonchev–Trinajstić information content (AvgIpc) is 3.12. The highest BCUT2D eigenvalue weighted by atomic mass is 16.2. The van der Waals surface area contributed by atoms with Crippen molar-refractivity contribution in [2.75, 3.05) is 13.1 Å². The van der Waals surface area contributed by atoms with E-state index in [1.807, 2.05) is 48.2 Å². The molecule has 6 heteroatoms. The highest BCUT2D eigenvalue weighted by Gasteiger charge is 2.38. The average molecular weight is 386 g/mol. The molecule has 2 amide bonds. The maximum Gasteiger partial charge on any atom is 0.254 e. The molecule has 0 unspecified atom stereocenters. The van der Waals surface area contributed by atoms with Gasteiger partial charge in [-0.05, 0) is 43.7 Å². The number of likely N-dealkylation sites (tertiary alicyclic amines) is 1. The number of carbonyl (C=O) groups excluding carboxylic acids is 2. The van der Waals surface area contributed by atoms with E-state index >= 15 is 0 Å². The first-order valence-corrected chi connectivity index (χ1v) is 9.99. The second-order valence-corrected chi connectivity index (χ2v) is 8.00. The minimum Gasteiger partial charge on any atom is -0.353 e. The van der Waals surface area contributed by atoms with Crippen molar-refractivity contribution < 1.29 is 9.59 Å². The number of pyridine rings is 2. The molecule has 2 saturated heterocycles. The van der Waals surface area contributed by atoms with Gasteiger partial charge in [-0.25, -0.2) is 4.98 Å². The van der Waals surface area contributed by atoms with Gasteiger partial charge in [0, 0.05) is 54.8 Å². The fourth-order valence-corrected chi connectivity index (χ4v) is 4.47. The van der Waals surface area contributed by atoms with Gasteiger partial charge in [-0.3, -0.25) is 14.6 Å². The number of benzene rings is 1. The topological polar surface area (TPSA) is 75.2 Å². The van der Waals surface area contributed by atoms with E-state index in [1.165, 1.54) is 0 Å². The summed E-state index contributed by atoms with van der Waals surface area (Å²) in [6, 6.07) is 11.9. The molecule has 2 atom stereocenters. The largest absolute Gasteiger partial charge is 0.353 e. The smallest absolute Gasteiger partial charge is 0.254 e. The second kappa shape index (κ2) is 6.95. The Labute approximate surface area is 169 Å². The van der Waals surface area contributed by atoms with Gasteiger partial charge in [-0.2, -0.15) is 0 Å². The number of rotatable bonds is 2. The number of amides is 2. The van der Waals surface area contributed by atoms with E-state index in [0.29, 0.717) is 25.1 Å². The van der Waals surface area contributed by atoms with E-state index in [4.69, 9.17) is 4.98 Å². The number of aromatic nitrogens is 2. The number of fused-ring (bicyclic) bond motifs is 2. The third-order valence-corrected chi connectivity index (χ3v) is 5.97. The van der Waals surface area contributed by atoms with Crippen LogP contribution in [0.3, 0.4) is 0 Å². The van der Waals surface area contributed by atoms with Crippen molar-refractivity contribution in [3.63, 3.8) is 0 Å². The zero-order chi connectivity index (χ0) is 20.0. The first-order valence-electron chi connectivity index (χ1n) is 9.99. The summed E-state index contributed by atoms with van der Waals surface area (Å²) >= 11 is 0. The maximum atomic E-state index is 13.6. The summed E-state index contributed by atoms with van der Waals surface area (Å²) in [4.78, 5) is 36.2. The quantitative estimate of drug-likeness (QED) is 0.735. The van der Waals surface area contributed by atoms with E-state index in [0.717, 1.165) is 34.1 Å². The molecule has 0 saturated carbocycles. The molecule has 4 heterocycles. The van der Waals surface area contributed by atoms with Crippen molar-refractivity contribution in [3.05, 3.63) is 59.9 Å². The number of hydrogen-bond acceptors (Lipinski definition) is 4. The normalized spacial score (nSPS) is 21.1. The molecule has 2 fully saturated rings. The highest BCUT2D eigenvalue weighted by molar-refractivity contribution is 6.07. The first kappa shape index (κ1) is 17.8. The molecule has 146 valence electrons. The second-order valence-electron chi connectivity index (χ2n) is 8.00. The molecule has 0 spiro atoms. The van der Waals surface area contributed by atoms with Crippen LogP contribution in [0, 0.1) is 12.8 Å². The molecule has 5 rings (SSSR count). The molecule has 2 aromatic heterocycles. The maximum absolute atomic E-state index is 13.6. The summed E-state index contributed by atoms with van der Waals surface area (Å²) in [5, 5.41) is 3.90. The first-order chi connectivity index (χ1) is 14.1. The van der Waals surface area contributed by atoms with Crippen LogP contribution in [0.25, 0.3) is 22.2 Å². The van der Waals surface area contributed by atoms with Crippen LogP contribution in [0.2, 0.25) is 0 Å². The number of piperidine rings is 1. The zero-order valence-electron chi connectivity index (χ0n) is 16.3.